The Morgan fingerprint density at radius 1 is 1.33 bits per heavy atom. The van der Waals surface area contributed by atoms with Crippen LogP contribution in [0.1, 0.15) is 17.3 Å². The maximum absolute atomic E-state index is 12.2. The highest BCUT2D eigenvalue weighted by Gasteiger charge is 2.41. The molecule has 0 fully saturated rings. The van der Waals surface area contributed by atoms with Gasteiger partial charge in [-0.1, -0.05) is 19.1 Å². The predicted octanol–water partition coefficient (Wildman–Crippen LogP) is 0.687. The van der Waals surface area contributed by atoms with E-state index >= 15 is 0 Å². The van der Waals surface area contributed by atoms with Gasteiger partial charge in [-0.3, -0.25) is 4.79 Å². The molecule has 2 rings (SSSR count). The van der Waals surface area contributed by atoms with Gasteiger partial charge in [-0.15, -0.1) is 0 Å². The highest BCUT2D eigenvalue weighted by molar-refractivity contribution is 7.90. The van der Waals surface area contributed by atoms with E-state index in [9.17, 15) is 13.2 Å². The Labute approximate surface area is 107 Å². The van der Waals surface area contributed by atoms with Crippen LogP contribution in [0, 0.1) is 5.92 Å². The summed E-state index contributed by atoms with van der Waals surface area (Å²) in [4.78, 5) is 12.2. The topological polar surface area (TPSA) is 66.5 Å². The number of benzene rings is 1. The Balaban J connectivity index is 2.34. The predicted molar refractivity (Wildman–Crippen MR) is 67.8 cm³/mol. The van der Waals surface area contributed by atoms with Crippen LogP contribution in [-0.4, -0.2) is 38.8 Å². The zero-order valence-corrected chi connectivity index (χ0v) is 11.2. The van der Waals surface area contributed by atoms with Crippen molar-refractivity contribution >= 4 is 15.9 Å². The number of carbonyl (C=O) groups is 1. The van der Waals surface area contributed by atoms with Gasteiger partial charge in [0.1, 0.15) is 4.90 Å². The summed E-state index contributed by atoms with van der Waals surface area (Å²) >= 11 is 0. The van der Waals surface area contributed by atoms with Gasteiger partial charge in [-0.05, 0) is 31.6 Å². The maximum Gasteiger partial charge on any atom is 0.269 e. The Hall–Kier alpha value is -1.40. The molecule has 1 aromatic rings. The van der Waals surface area contributed by atoms with Crippen molar-refractivity contribution in [3.8, 4) is 0 Å². The average molecular weight is 268 g/mol. The van der Waals surface area contributed by atoms with Gasteiger partial charge < -0.3 is 5.32 Å². The summed E-state index contributed by atoms with van der Waals surface area (Å²) in [6, 6.07) is 6.33. The van der Waals surface area contributed by atoms with E-state index in [0.717, 1.165) is 4.31 Å². The Kier molecular flexibility index (Phi) is 3.41. The molecule has 1 aliphatic rings. The van der Waals surface area contributed by atoms with Crippen LogP contribution in [-0.2, 0) is 10.0 Å². The normalized spacial score (nSPS) is 18.8. The first kappa shape index (κ1) is 13.0. The number of fused-ring (bicyclic) bond motifs is 1. The number of rotatable bonds is 4. The molecule has 1 amide bonds. The lowest BCUT2D eigenvalue weighted by Crippen LogP contribution is -2.36. The average Bonchev–Trinajstić information content (AvgIpc) is 2.52. The smallest absolute Gasteiger partial charge is 0.269 e. The highest BCUT2D eigenvalue weighted by Crippen LogP contribution is 2.30. The fourth-order valence-electron chi connectivity index (χ4n) is 2.11. The summed E-state index contributed by atoms with van der Waals surface area (Å²) in [5, 5.41) is 2.97. The summed E-state index contributed by atoms with van der Waals surface area (Å²) in [5.74, 6) is -0.350. The number of amides is 1. The molecule has 0 bridgehead atoms. The van der Waals surface area contributed by atoms with E-state index < -0.39 is 15.9 Å². The van der Waals surface area contributed by atoms with Crippen LogP contribution in [0.2, 0.25) is 0 Å². The summed E-state index contributed by atoms with van der Waals surface area (Å²) in [7, 11) is -1.86. The van der Waals surface area contributed by atoms with Crippen molar-refractivity contribution in [3.05, 3.63) is 29.8 Å². The Bertz CT molecular complexity index is 568. The van der Waals surface area contributed by atoms with Crippen molar-refractivity contribution in [1.82, 2.24) is 9.62 Å². The van der Waals surface area contributed by atoms with Gasteiger partial charge in [-0.2, -0.15) is 0 Å². The van der Waals surface area contributed by atoms with Gasteiger partial charge in [0.15, 0.2) is 0 Å². The first-order valence-electron chi connectivity index (χ1n) is 5.79. The minimum absolute atomic E-state index is 0.0723. The third kappa shape index (κ3) is 2.02. The first-order chi connectivity index (χ1) is 8.48. The Morgan fingerprint density at radius 3 is 2.61 bits per heavy atom. The molecule has 1 atom stereocenters. The summed E-state index contributed by atoms with van der Waals surface area (Å²) in [6.45, 7) is 2.77. The minimum atomic E-state index is -3.65. The van der Waals surface area contributed by atoms with Crippen molar-refractivity contribution in [2.75, 3.05) is 20.1 Å². The van der Waals surface area contributed by atoms with E-state index in [1.54, 1.807) is 25.2 Å². The fourth-order valence-corrected chi connectivity index (χ4v) is 3.80. The van der Waals surface area contributed by atoms with Gasteiger partial charge >= 0.3 is 0 Å². The van der Waals surface area contributed by atoms with Crippen molar-refractivity contribution in [3.63, 3.8) is 0 Å². The van der Waals surface area contributed by atoms with Crippen molar-refractivity contribution in [2.24, 2.45) is 5.92 Å². The summed E-state index contributed by atoms with van der Waals surface area (Å²) in [5.41, 5.74) is 0.272. The van der Waals surface area contributed by atoms with Gasteiger partial charge in [0.25, 0.3) is 15.9 Å². The number of sulfonamides is 1. The molecule has 18 heavy (non-hydrogen) atoms. The summed E-state index contributed by atoms with van der Waals surface area (Å²) in [6.07, 6.45) is 0. The van der Waals surface area contributed by atoms with E-state index in [0.29, 0.717) is 6.54 Å². The molecule has 0 spiro atoms. The minimum Gasteiger partial charge on any atom is -0.319 e. The van der Waals surface area contributed by atoms with E-state index in [4.69, 9.17) is 0 Å². The molecule has 0 aliphatic carbocycles. The van der Waals surface area contributed by atoms with Crippen molar-refractivity contribution in [2.45, 2.75) is 11.8 Å². The highest BCUT2D eigenvalue weighted by atomic mass is 32.2. The lowest BCUT2D eigenvalue weighted by molar-refractivity contribution is 0.0859. The van der Waals surface area contributed by atoms with Crippen LogP contribution in [0.3, 0.4) is 0 Å². The molecule has 1 N–H and O–H groups in total. The van der Waals surface area contributed by atoms with Crippen LogP contribution in [0.15, 0.2) is 29.2 Å². The van der Waals surface area contributed by atoms with Gasteiger partial charge in [0, 0.05) is 6.54 Å². The lowest BCUT2D eigenvalue weighted by atomic mass is 10.1. The van der Waals surface area contributed by atoms with Crippen LogP contribution < -0.4 is 5.32 Å². The molecule has 1 aromatic carbocycles. The van der Waals surface area contributed by atoms with Crippen molar-refractivity contribution < 1.29 is 13.2 Å². The zero-order chi connectivity index (χ0) is 13.3. The molecular formula is C12H16N2O3S. The second kappa shape index (κ2) is 4.70. The second-order valence-electron chi connectivity index (χ2n) is 4.50. The lowest BCUT2D eigenvalue weighted by Gasteiger charge is -2.19. The fraction of sp³-hybridized carbons (Fsp3) is 0.417. The van der Waals surface area contributed by atoms with E-state index in [-0.39, 0.29) is 22.9 Å². The summed E-state index contributed by atoms with van der Waals surface area (Å²) < 4.78 is 25.4. The quantitative estimate of drug-likeness (QED) is 0.872. The molecule has 5 nitrogen and oxygen atoms in total. The van der Waals surface area contributed by atoms with Crippen molar-refractivity contribution in [1.29, 1.82) is 0 Å². The largest absolute Gasteiger partial charge is 0.319 e. The van der Waals surface area contributed by atoms with Crippen LogP contribution in [0.5, 0.6) is 0 Å². The molecule has 98 valence electrons. The van der Waals surface area contributed by atoms with Gasteiger partial charge in [-0.25, -0.2) is 12.7 Å². The third-order valence-electron chi connectivity index (χ3n) is 2.94. The molecule has 0 radical (unpaired) electrons. The van der Waals surface area contributed by atoms with Gasteiger partial charge in [0.05, 0.1) is 5.56 Å². The molecule has 1 unspecified atom stereocenters. The number of nitrogens with zero attached hydrogens (tertiary/aromatic N) is 1. The van der Waals surface area contributed by atoms with E-state index in [2.05, 4.69) is 5.32 Å². The zero-order valence-electron chi connectivity index (χ0n) is 10.4. The second-order valence-corrected chi connectivity index (χ2v) is 6.33. The SMILES string of the molecule is CNCC(C)CN1C(=O)c2ccccc2S1(=O)=O. The number of nitrogens with one attached hydrogen (secondary N) is 1. The molecule has 6 heteroatoms. The van der Waals surface area contributed by atoms with Crippen LogP contribution >= 0.6 is 0 Å². The maximum atomic E-state index is 12.2. The molecule has 0 saturated carbocycles. The van der Waals surface area contributed by atoms with E-state index in [1.807, 2.05) is 6.92 Å². The third-order valence-corrected chi connectivity index (χ3v) is 4.75. The monoisotopic (exact) mass is 268 g/mol. The molecule has 0 saturated heterocycles. The molecule has 1 aliphatic heterocycles. The Morgan fingerprint density at radius 2 is 2.00 bits per heavy atom. The number of carbonyl (C=O) groups excluding carboxylic acids is 1. The number of hydrogen-bond acceptors (Lipinski definition) is 4. The molecule has 0 aromatic heterocycles. The standard InChI is InChI=1S/C12H16N2O3S/c1-9(7-13-2)8-14-12(15)10-5-3-4-6-11(10)18(14,16)17/h3-6,9,13H,7-8H2,1-2H3. The first-order valence-corrected chi connectivity index (χ1v) is 7.23. The van der Waals surface area contributed by atoms with Crippen LogP contribution in [0.25, 0.3) is 0 Å². The van der Waals surface area contributed by atoms with Gasteiger partial charge in [0.2, 0.25) is 0 Å². The molecule has 1 heterocycles. The number of hydrogen-bond donors (Lipinski definition) is 1. The van der Waals surface area contributed by atoms with Crippen LogP contribution in [0.4, 0.5) is 0 Å². The molecular weight excluding hydrogens is 252 g/mol. The van der Waals surface area contributed by atoms with E-state index in [1.165, 1.54) is 6.07 Å².